The molecule has 0 aromatic carbocycles. The monoisotopic (exact) mass is 247 g/mol. The van der Waals surface area contributed by atoms with Crippen LogP contribution in [0.25, 0.3) is 11.0 Å². The van der Waals surface area contributed by atoms with Gasteiger partial charge in [-0.05, 0) is 18.8 Å². The van der Waals surface area contributed by atoms with Gasteiger partial charge in [0, 0.05) is 13.1 Å². The van der Waals surface area contributed by atoms with Crippen molar-refractivity contribution in [3.8, 4) is 0 Å². The van der Waals surface area contributed by atoms with Crippen molar-refractivity contribution in [2.45, 2.75) is 19.8 Å². The molecule has 0 amide bonds. The Morgan fingerprint density at radius 2 is 2.39 bits per heavy atom. The van der Waals surface area contributed by atoms with E-state index in [-0.39, 0.29) is 0 Å². The molecule has 1 fully saturated rings. The van der Waals surface area contributed by atoms with Crippen LogP contribution in [0.5, 0.6) is 0 Å². The van der Waals surface area contributed by atoms with E-state index in [0.717, 1.165) is 24.3 Å². The summed E-state index contributed by atoms with van der Waals surface area (Å²) in [5, 5.41) is 7.84. The zero-order chi connectivity index (χ0) is 12.5. The highest BCUT2D eigenvalue weighted by Crippen LogP contribution is 2.27. The van der Waals surface area contributed by atoms with Crippen LogP contribution in [0.2, 0.25) is 0 Å². The molecule has 0 aliphatic carbocycles. The summed E-state index contributed by atoms with van der Waals surface area (Å²) in [6.45, 7) is 4.30. The van der Waals surface area contributed by atoms with Crippen LogP contribution in [-0.2, 0) is 0 Å². The third kappa shape index (κ3) is 1.86. The highest BCUT2D eigenvalue weighted by Gasteiger charge is 2.21. The van der Waals surface area contributed by atoms with Gasteiger partial charge in [-0.25, -0.2) is 5.84 Å². The fourth-order valence-corrected chi connectivity index (χ4v) is 2.51. The van der Waals surface area contributed by atoms with E-state index in [1.807, 2.05) is 0 Å². The molecule has 18 heavy (non-hydrogen) atoms. The van der Waals surface area contributed by atoms with E-state index in [2.05, 4.69) is 37.4 Å². The molecule has 3 heterocycles. The first kappa shape index (κ1) is 11.2. The molecule has 7 nitrogen and oxygen atoms in total. The molecule has 0 spiro atoms. The Hall–Kier alpha value is -1.89. The van der Waals surface area contributed by atoms with Gasteiger partial charge in [0.05, 0.1) is 11.6 Å². The van der Waals surface area contributed by atoms with Crippen molar-refractivity contribution in [3.63, 3.8) is 0 Å². The average molecular weight is 247 g/mol. The minimum Gasteiger partial charge on any atom is -0.356 e. The van der Waals surface area contributed by atoms with Gasteiger partial charge in [0.1, 0.15) is 5.82 Å². The van der Waals surface area contributed by atoms with Crippen molar-refractivity contribution in [2.75, 3.05) is 23.4 Å². The number of fused-ring (bicyclic) bond motifs is 1. The molecule has 96 valence electrons. The largest absolute Gasteiger partial charge is 0.356 e. The number of anilines is 2. The van der Waals surface area contributed by atoms with Crippen LogP contribution < -0.4 is 16.2 Å². The smallest absolute Gasteiger partial charge is 0.241 e. The first-order valence-electron chi connectivity index (χ1n) is 6.20. The van der Waals surface area contributed by atoms with Crippen LogP contribution >= 0.6 is 0 Å². The van der Waals surface area contributed by atoms with Crippen LogP contribution in [0.4, 0.5) is 11.8 Å². The molecule has 7 heteroatoms. The Kier molecular flexibility index (Phi) is 2.75. The van der Waals surface area contributed by atoms with Gasteiger partial charge in [-0.15, -0.1) is 0 Å². The quantitative estimate of drug-likeness (QED) is 0.538. The number of hydrogen-bond acceptors (Lipinski definition) is 6. The summed E-state index contributed by atoms with van der Waals surface area (Å²) in [6, 6.07) is 0. The summed E-state index contributed by atoms with van der Waals surface area (Å²) in [5.74, 6) is 7.42. The number of nitrogens with two attached hydrogens (primary N) is 1. The highest BCUT2D eigenvalue weighted by atomic mass is 15.3. The second-order valence-corrected chi connectivity index (χ2v) is 4.84. The van der Waals surface area contributed by atoms with E-state index in [9.17, 15) is 0 Å². The van der Waals surface area contributed by atoms with Gasteiger partial charge in [0.15, 0.2) is 5.65 Å². The number of nitrogen functional groups attached to an aromatic ring is 1. The fourth-order valence-electron chi connectivity index (χ4n) is 2.51. The maximum absolute atomic E-state index is 5.41. The SMILES string of the molecule is CC1CCCN(c2nc(NN)nc3[nH]ncc23)C1. The van der Waals surface area contributed by atoms with Crippen LogP contribution in [0.15, 0.2) is 6.20 Å². The van der Waals surface area contributed by atoms with Crippen molar-refractivity contribution in [1.82, 2.24) is 20.2 Å². The predicted octanol–water partition coefficient (Wildman–Crippen LogP) is 0.875. The molecule has 0 saturated carbocycles. The number of nitrogens with one attached hydrogen (secondary N) is 2. The number of rotatable bonds is 2. The van der Waals surface area contributed by atoms with E-state index in [4.69, 9.17) is 5.84 Å². The number of aromatic amines is 1. The summed E-state index contributed by atoms with van der Waals surface area (Å²) in [6.07, 6.45) is 4.23. The van der Waals surface area contributed by atoms with Crippen LogP contribution in [-0.4, -0.2) is 33.3 Å². The van der Waals surface area contributed by atoms with Crippen LogP contribution in [0.3, 0.4) is 0 Å². The Balaban J connectivity index is 2.05. The number of nitrogens with zero attached hydrogens (tertiary/aromatic N) is 4. The summed E-state index contributed by atoms with van der Waals surface area (Å²) in [7, 11) is 0. The number of piperidine rings is 1. The average Bonchev–Trinajstić information content (AvgIpc) is 2.85. The zero-order valence-corrected chi connectivity index (χ0v) is 10.3. The van der Waals surface area contributed by atoms with Gasteiger partial charge in [-0.3, -0.25) is 10.5 Å². The Bertz CT molecular complexity index is 549. The number of H-pyrrole nitrogens is 1. The van der Waals surface area contributed by atoms with Crippen molar-refractivity contribution in [3.05, 3.63) is 6.20 Å². The molecule has 2 aromatic heterocycles. The van der Waals surface area contributed by atoms with Crippen molar-refractivity contribution >= 4 is 22.8 Å². The molecule has 1 atom stereocenters. The molecule has 2 aromatic rings. The van der Waals surface area contributed by atoms with Gasteiger partial charge in [0.2, 0.25) is 5.95 Å². The maximum atomic E-state index is 5.41. The summed E-state index contributed by atoms with van der Waals surface area (Å²) in [4.78, 5) is 11.0. The molecule has 4 N–H and O–H groups in total. The van der Waals surface area contributed by atoms with Gasteiger partial charge >= 0.3 is 0 Å². The van der Waals surface area contributed by atoms with Gasteiger partial charge in [0.25, 0.3) is 0 Å². The molecule has 1 unspecified atom stereocenters. The van der Waals surface area contributed by atoms with E-state index >= 15 is 0 Å². The Labute approximate surface area is 105 Å². The predicted molar refractivity (Wildman–Crippen MR) is 70.1 cm³/mol. The zero-order valence-electron chi connectivity index (χ0n) is 10.3. The van der Waals surface area contributed by atoms with Gasteiger partial charge in [-0.2, -0.15) is 15.1 Å². The minimum absolute atomic E-state index is 0.417. The lowest BCUT2D eigenvalue weighted by Gasteiger charge is -2.32. The topological polar surface area (TPSA) is 95.8 Å². The molecule has 1 saturated heterocycles. The lowest BCUT2D eigenvalue weighted by atomic mass is 10.0. The maximum Gasteiger partial charge on any atom is 0.241 e. The molecular formula is C11H17N7. The van der Waals surface area contributed by atoms with Crippen LogP contribution in [0.1, 0.15) is 19.8 Å². The molecule has 3 rings (SSSR count). The van der Waals surface area contributed by atoms with Crippen LogP contribution in [0, 0.1) is 5.92 Å². The summed E-state index contributed by atoms with van der Waals surface area (Å²) in [5.41, 5.74) is 3.22. The minimum atomic E-state index is 0.417. The number of aromatic nitrogens is 4. The van der Waals surface area contributed by atoms with E-state index < -0.39 is 0 Å². The van der Waals surface area contributed by atoms with E-state index in [1.54, 1.807) is 6.20 Å². The highest BCUT2D eigenvalue weighted by molar-refractivity contribution is 5.87. The first-order chi connectivity index (χ1) is 8.78. The van der Waals surface area contributed by atoms with Gasteiger partial charge in [-0.1, -0.05) is 6.92 Å². The molecule has 0 radical (unpaired) electrons. The van der Waals surface area contributed by atoms with Crippen molar-refractivity contribution in [2.24, 2.45) is 11.8 Å². The Morgan fingerprint density at radius 1 is 1.50 bits per heavy atom. The molecule has 0 bridgehead atoms. The Morgan fingerprint density at radius 3 is 3.17 bits per heavy atom. The number of hydrazine groups is 1. The molecular weight excluding hydrogens is 230 g/mol. The van der Waals surface area contributed by atoms with Crippen molar-refractivity contribution < 1.29 is 0 Å². The lowest BCUT2D eigenvalue weighted by molar-refractivity contribution is 0.445. The van der Waals surface area contributed by atoms with Gasteiger partial charge < -0.3 is 4.90 Å². The molecule has 1 aliphatic rings. The summed E-state index contributed by atoms with van der Waals surface area (Å²) < 4.78 is 0. The second kappa shape index (κ2) is 4.41. The fraction of sp³-hybridized carbons (Fsp3) is 0.545. The number of hydrogen-bond donors (Lipinski definition) is 3. The third-order valence-corrected chi connectivity index (χ3v) is 3.38. The summed E-state index contributed by atoms with van der Waals surface area (Å²) >= 11 is 0. The second-order valence-electron chi connectivity index (χ2n) is 4.84. The molecule has 1 aliphatic heterocycles. The first-order valence-corrected chi connectivity index (χ1v) is 6.20. The normalized spacial score (nSPS) is 20.3. The van der Waals surface area contributed by atoms with E-state index in [1.165, 1.54) is 12.8 Å². The standard InChI is InChI=1S/C11H17N7/c1-7-3-2-4-18(6-7)10-8-5-13-17-9(8)14-11(15-10)16-12/h5,7H,2-4,6,12H2,1H3,(H2,13,14,15,16,17). The lowest BCUT2D eigenvalue weighted by Crippen LogP contribution is -2.35. The van der Waals surface area contributed by atoms with E-state index in [0.29, 0.717) is 17.5 Å². The van der Waals surface area contributed by atoms with Crippen molar-refractivity contribution in [1.29, 1.82) is 0 Å². The third-order valence-electron chi connectivity index (χ3n) is 3.38.